The van der Waals surface area contributed by atoms with Crippen LogP contribution in [0.25, 0.3) is 0 Å². The molecule has 2 atom stereocenters. The van der Waals surface area contributed by atoms with E-state index in [4.69, 9.17) is 9.57 Å². The highest BCUT2D eigenvalue weighted by Crippen LogP contribution is 2.41. The number of hydrogen-bond acceptors (Lipinski definition) is 14. The zero-order valence-electron chi connectivity index (χ0n) is 23.0. The van der Waals surface area contributed by atoms with E-state index in [0.29, 0.717) is 22.8 Å². The van der Waals surface area contributed by atoms with Crippen LogP contribution in [0.5, 0.6) is 0 Å². The maximum absolute atomic E-state index is 13.3. The fourth-order valence-corrected chi connectivity index (χ4v) is 6.68. The largest absolute Gasteiger partial charge is 0.477 e. The van der Waals surface area contributed by atoms with Crippen LogP contribution in [0.4, 0.5) is 9.93 Å². The topological polar surface area (TPSA) is 230 Å². The molecule has 4 heterocycles. The minimum Gasteiger partial charge on any atom is -0.477 e. The number of aromatic nitrogens is 4. The summed E-state index contributed by atoms with van der Waals surface area (Å²) < 4.78 is 5.14. The van der Waals surface area contributed by atoms with Crippen LogP contribution in [0.2, 0.25) is 0 Å². The smallest absolute Gasteiger partial charge is 0.407 e. The van der Waals surface area contributed by atoms with E-state index in [1.165, 1.54) is 35.1 Å². The van der Waals surface area contributed by atoms with Crippen molar-refractivity contribution >= 4 is 76.0 Å². The second-order valence-corrected chi connectivity index (χ2v) is 12.7. The number of aromatic amines is 1. The number of H-pyrrole nitrogens is 1. The van der Waals surface area contributed by atoms with E-state index in [-0.39, 0.29) is 41.1 Å². The minimum absolute atomic E-state index is 0.0126. The van der Waals surface area contributed by atoms with Crippen molar-refractivity contribution in [2.45, 2.75) is 42.8 Å². The van der Waals surface area contributed by atoms with E-state index in [2.05, 4.69) is 41.5 Å². The Balaban J connectivity index is 1.43. The Morgan fingerprint density at radius 1 is 1.35 bits per heavy atom. The lowest BCUT2D eigenvalue weighted by Gasteiger charge is -2.49. The molecule has 5 N–H and O–H groups in total. The summed E-state index contributed by atoms with van der Waals surface area (Å²) in [6.45, 7) is 5.04. The van der Waals surface area contributed by atoms with Gasteiger partial charge in [0.05, 0.1) is 12.7 Å². The summed E-state index contributed by atoms with van der Waals surface area (Å²) >= 11 is 3.62. The van der Waals surface area contributed by atoms with Crippen LogP contribution < -0.4 is 16.0 Å². The second-order valence-electron chi connectivity index (χ2n) is 9.72. The number of ether oxygens (including phenoxy) is 1. The van der Waals surface area contributed by atoms with Crippen LogP contribution in [-0.2, 0) is 28.8 Å². The van der Waals surface area contributed by atoms with Crippen molar-refractivity contribution in [2.75, 3.05) is 30.0 Å². The summed E-state index contributed by atoms with van der Waals surface area (Å²) in [5, 5.41) is 32.9. The third-order valence-corrected chi connectivity index (χ3v) is 8.58. The molecule has 0 bridgehead atoms. The number of amides is 4. The lowest BCUT2D eigenvalue weighted by molar-refractivity contribution is -0.150. The van der Waals surface area contributed by atoms with Crippen molar-refractivity contribution < 1.29 is 38.7 Å². The number of carbonyl (C=O) groups is 5. The number of nitrogens with zero attached hydrogens (tertiary/aromatic N) is 5. The second kappa shape index (κ2) is 13.9. The maximum Gasteiger partial charge on any atom is 0.407 e. The zero-order chi connectivity index (χ0) is 31.1. The number of carboxylic acids is 1. The molecule has 1 fully saturated rings. The Bertz CT molecular complexity index is 1440. The predicted molar refractivity (Wildman–Crippen MR) is 155 cm³/mol. The lowest BCUT2D eigenvalue weighted by atomic mass is 10.0. The van der Waals surface area contributed by atoms with Crippen LogP contribution in [0.3, 0.4) is 0 Å². The highest BCUT2D eigenvalue weighted by atomic mass is 32.2. The molecule has 2 aromatic rings. The van der Waals surface area contributed by atoms with Crippen molar-refractivity contribution in [1.29, 1.82) is 0 Å². The van der Waals surface area contributed by atoms with Crippen LogP contribution in [0, 0.1) is 0 Å². The van der Waals surface area contributed by atoms with Crippen LogP contribution in [0.15, 0.2) is 33.0 Å². The average Bonchev–Trinajstić information content (AvgIpc) is 3.63. The van der Waals surface area contributed by atoms with E-state index < -0.39 is 40.9 Å². The van der Waals surface area contributed by atoms with Gasteiger partial charge in [-0.2, -0.15) is 10.3 Å². The van der Waals surface area contributed by atoms with Gasteiger partial charge in [0, 0.05) is 16.9 Å². The average molecular weight is 654 g/mol. The Morgan fingerprint density at radius 2 is 2.14 bits per heavy atom. The number of carboxylic acid groups (broad SMARTS) is 1. The van der Waals surface area contributed by atoms with Crippen LogP contribution >= 0.6 is 34.9 Å². The number of aliphatic carboxylic acids is 1. The number of fused-ring (bicyclic) bond motifs is 1. The van der Waals surface area contributed by atoms with Crippen LogP contribution in [-0.4, -0.2) is 108 Å². The standard InChI is InChI=1S/C23H27N9O8S3/c1-23(2,3)40-22(38)24-4-5-39-30-14(12-9-43-21(27-12)25-10-33)17(34)28-15-18(35)32-16(20(36)37)11(8-42-19(15)32)7-41-13-6-26-31-29-13/h6,9-10,15,19H,4-5,7-8H2,1-3H3,(H,24,38)(H,28,34)(H,36,37)(H,25,27,33)(H,26,29,31)/b30-14+/t15?,19-/m1/s1. The molecule has 0 aliphatic carbocycles. The molecule has 43 heavy (non-hydrogen) atoms. The molecule has 1 unspecified atom stereocenters. The van der Waals surface area contributed by atoms with Crippen LogP contribution in [0.1, 0.15) is 26.5 Å². The first-order valence-corrected chi connectivity index (χ1v) is 15.4. The van der Waals surface area contributed by atoms with Gasteiger partial charge in [-0.15, -0.1) is 28.2 Å². The molecule has 0 radical (unpaired) electrons. The molecule has 2 aliphatic heterocycles. The first kappa shape index (κ1) is 31.8. The number of anilines is 1. The summed E-state index contributed by atoms with van der Waals surface area (Å²) in [6.07, 6.45) is 1.27. The Labute approximate surface area is 256 Å². The Morgan fingerprint density at radius 3 is 2.81 bits per heavy atom. The number of thioether (sulfide) groups is 2. The quantitative estimate of drug-likeness (QED) is 0.0499. The van der Waals surface area contributed by atoms with Gasteiger partial charge in [0.1, 0.15) is 40.0 Å². The van der Waals surface area contributed by atoms with E-state index in [1.807, 2.05) is 0 Å². The number of oxime groups is 1. The SMILES string of the molecule is CC(C)(C)OC(=O)NCCO/N=C(/C(=O)NC1C(=O)N2C(C(=O)O)=C(CSc3cn[nH]n3)CS[C@H]12)c1csc(NC=O)n1. The van der Waals surface area contributed by atoms with E-state index >= 15 is 0 Å². The predicted octanol–water partition coefficient (Wildman–Crippen LogP) is 0.606. The molecule has 20 heteroatoms. The van der Waals surface area contributed by atoms with Crippen molar-refractivity contribution in [3.05, 3.63) is 28.5 Å². The Hall–Kier alpha value is -4.17. The highest BCUT2D eigenvalue weighted by Gasteiger charge is 2.54. The number of nitrogens with one attached hydrogen (secondary N) is 4. The lowest BCUT2D eigenvalue weighted by Crippen LogP contribution is -2.71. The molecular weight excluding hydrogens is 627 g/mol. The fourth-order valence-electron chi connectivity index (χ4n) is 3.75. The zero-order valence-corrected chi connectivity index (χ0v) is 25.4. The summed E-state index contributed by atoms with van der Waals surface area (Å²) in [5.41, 5.74) is -0.512. The van der Waals surface area contributed by atoms with Gasteiger partial charge in [0.2, 0.25) is 6.41 Å². The van der Waals surface area contributed by atoms with Gasteiger partial charge in [-0.1, -0.05) is 16.9 Å². The molecule has 0 spiro atoms. The summed E-state index contributed by atoms with van der Waals surface area (Å²) in [7, 11) is 0. The molecule has 0 saturated carbocycles. The van der Waals surface area contributed by atoms with Gasteiger partial charge in [0.25, 0.3) is 11.8 Å². The molecule has 0 aromatic carbocycles. The number of thiazole rings is 1. The molecule has 2 aromatic heterocycles. The van der Waals surface area contributed by atoms with Gasteiger partial charge in [0.15, 0.2) is 10.8 Å². The molecule has 2 aliphatic rings. The van der Waals surface area contributed by atoms with Gasteiger partial charge in [-0.25, -0.2) is 14.6 Å². The molecule has 230 valence electrons. The minimum atomic E-state index is -1.26. The van der Waals surface area contributed by atoms with Crippen molar-refractivity contribution in [1.82, 2.24) is 35.9 Å². The number of β-lactam (4-membered cyclic amide) rings is 1. The fraction of sp³-hybridized carbons (Fsp3) is 0.435. The van der Waals surface area contributed by atoms with Gasteiger partial charge in [-0.3, -0.25) is 19.3 Å². The van der Waals surface area contributed by atoms with E-state index in [1.54, 1.807) is 20.8 Å². The first-order valence-electron chi connectivity index (χ1n) is 12.5. The van der Waals surface area contributed by atoms with E-state index in [0.717, 1.165) is 16.2 Å². The number of hydrogen-bond donors (Lipinski definition) is 5. The molecular formula is C23H27N9O8S3. The summed E-state index contributed by atoms with van der Waals surface area (Å²) in [4.78, 5) is 71.7. The number of alkyl carbamates (subject to hydrolysis) is 1. The number of rotatable bonds is 13. The molecule has 4 amide bonds. The van der Waals surface area contributed by atoms with Crippen molar-refractivity contribution in [3.8, 4) is 0 Å². The van der Waals surface area contributed by atoms with Gasteiger partial charge in [-0.05, 0) is 26.3 Å². The highest BCUT2D eigenvalue weighted by molar-refractivity contribution is 8.01. The maximum atomic E-state index is 13.3. The first-order chi connectivity index (χ1) is 20.5. The molecule has 4 rings (SSSR count). The summed E-state index contributed by atoms with van der Waals surface area (Å²) in [5.74, 6) is -2.07. The van der Waals surface area contributed by atoms with Crippen molar-refractivity contribution in [3.63, 3.8) is 0 Å². The van der Waals surface area contributed by atoms with Gasteiger partial charge >= 0.3 is 12.1 Å². The molecule has 17 nitrogen and oxygen atoms in total. The summed E-state index contributed by atoms with van der Waals surface area (Å²) in [6, 6.07) is -1.04. The molecule has 1 saturated heterocycles. The monoisotopic (exact) mass is 653 g/mol. The third-order valence-electron chi connectivity index (χ3n) is 5.49. The Kier molecular flexibility index (Phi) is 10.2. The van der Waals surface area contributed by atoms with E-state index in [9.17, 15) is 29.1 Å². The van der Waals surface area contributed by atoms with Gasteiger partial charge < -0.3 is 30.6 Å². The normalized spacial score (nSPS) is 18.3. The third kappa shape index (κ3) is 8.02. The van der Waals surface area contributed by atoms with Crippen molar-refractivity contribution in [2.24, 2.45) is 5.16 Å². The number of carbonyl (C=O) groups excluding carboxylic acids is 4.